The lowest BCUT2D eigenvalue weighted by Crippen LogP contribution is -2.09. The normalized spacial score (nSPS) is 11.2. The van der Waals surface area contributed by atoms with Gasteiger partial charge in [-0.05, 0) is 18.4 Å². The van der Waals surface area contributed by atoms with E-state index in [1.54, 1.807) is 23.9 Å². The van der Waals surface area contributed by atoms with Crippen molar-refractivity contribution in [2.45, 2.75) is 19.4 Å². The minimum Gasteiger partial charge on any atom is -0.481 e. The lowest BCUT2D eigenvalue weighted by molar-refractivity contribution is -0.137. The first-order chi connectivity index (χ1) is 9.52. The zero-order valence-corrected chi connectivity index (χ0v) is 13.2. The summed E-state index contributed by atoms with van der Waals surface area (Å²) in [5, 5.41) is 9.77. The second-order valence-corrected chi connectivity index (χ2v) is 6.12. The van der Waals surface area contributed by atoms with Gasteiger partial charge in [0.1, 0.15) is 5.82 Å². The van der Waals surface area contributed by atoms with E-state index in [0.29, 0.717) is 16.6 Å². The summed E-state index contributed by atoms with van der Waals surface area (Å²) < 4.78 is 1.92. The first-order valence-electron chi connectivity index (χ1n) is 6.08. The molecule has 0 bridgehead atoms. The number of thioether (sulfide) groups is 1. The maximum absolute atomic E-state index is 10.8. The number of carboxylic acid groups (broad SMARTS) is 1. The highest BCUT2D eigenvalue weighted by atomic mass is 35.5. The fourth-order valence-corrected chi connectivity index (χ4v) is 2.71. The van der Waals surface area contributed by atoms with Crippen molar-refractivity contribution in [3.05, 3.63) is 28.0 Å². The smallest absolute Gasteiger partial charge is 0.305 e. The fourth-order valence-electron chi connectivity index (χ4n) is 2.01. The van der Waals surface area contributed by atoms with E-state index < -0.39 is 5.97 Å². The van der Waals surface area contributed by atoms with Gasteiger partial charge < -0.3 is 9.67 Å². The van der Waals surface area contributed by atoms with E-state index in [9.17, 15) is 4.79 Å². The van der Waals surface area contributed by atoms with Crippen LogP contribution in [0.3, 0.4) is 0 Å². The molecule has 0 aliphatic rings. The molecular weight excluding hydrogens is 319 g/mol. The molecule has 0 spiro atoms. The molecule has 0 amide bonds. The Labute approximate surface area is 131 Å². The summed E-state index contributed by atoms with van der Waals surface area (Å²) in [5.74, 6) is 0.967. The van der Waals surface area contributed by atoms with Crippen molar-refractivity contribution >= 4 is 52.0 Å². The number of aliphatic carboxylic acids is 1. The number of carboxylic acids is 1. The van der Waals surface area contributed by atoms with Gasteiger partial charge >= 0.3 is 5.97 Å². The van der Waals surface area contributed by atoms with Crippen molar-refractivity contribution < 1.29 is 9.90 Å². The Bertz CT molecular complexity index is 643. The highest BCUT2D eigenvalue weighted by molar-refractivity contribution is 7.98. The first-order valence-corrected chi connectivity index (χ1v) is 8.22. The lowest BCUT2D eigenvalue weighted by atomic mass is 10.3. The van der Waals surface area contributed by atoms with Crippen molar-refractivity contribution in [1.29, 1.82) is 0 Å². The van der Waals surface area contributed by atoms with Gasteiger partial charge in [-0.2, -0.15) is 11.8 Å². The molecule has 1 aromatic carbocycles. The van der Waals surface area contributed by atoms with Crippen molar-refractivity contribution in [2.24, 2.45) is 0 Å². The third kappa shape index (κ3) is 3.40. The maximum atomic E-state index is 10.8. The molecule has 1 heterocycles. The average molecular weight is 333 g/mol. The van der Waals surface area contributed by atoms with Crippen LogP contribution < -0.4 is 0 Å². The summed E-state index contributed by atoms with van der Waals surface area (Å²) in [4.78, 5) is 15.3. The minimum atomic E-state index is -0.831. The molecule has 0 aliphatic carbocycles. The van der Waals surface area contributed by atoms with Crippen molar-refractivity contribution in [1.82, 2.24) is 9.55 Å². The summed E-state index contributed by atoms with van der Waals surface area (Å²) in [6.07, 6.45) is 2.86. The summed E-state index contributed by atoms with van der Waals surface area (Å²) >= 11 is 13.8. The topological polar surface area (TPSA) is 55.1 Å². The molecule has 0 aliphatic heterocycles. The van der Waals surface area contributed by atoms with Crippen molar-refractivity contribution in [3.8, 4) is 0 Å². The largest absolute Gasteiger partial charge is 0.481 e. The van der Waals surface area contributed by atoms with Crippen LogP contribution in [-0.2, 0) is 17.8 Å². The van der Waals surface area contributed by atoms with Gasteiger partial charge in [0, 0.05) is 18.7 Å². The van der Waals surface area contributed by atoms with E-state index in [1.165, 1.54) is 0 Å². The fraction of sp³-hybridized carbons (Fsp3) is 0.385. The zero-order valence-electron chi connectivity index (χ0n) is 10.9. The van der Waals surface area contributed by atoms with Crippen molar-refractivity contribution in [3.63, 3.8) is 0 Å². The summed E-state index contributed by atoms with van der Waals surface area (Å²) in [7, 11) is 0. The molecule has 0 saturated heterocycles. The quantitative estimate of drug-likeness (QED) is 0.875. The Morgan fingerprint density at radius 2 is 2.10 bits per heavy atom. The van der Waals surface area contributed by atoms with E-state index in [-0.39, 0.29) is 6.42 Å². The number of benzene rings is 1. The summed E-state index contributed by atoms with van der Waals surface area (Å²) in [6, 6.07) is 3.47. The van der Waals surface area contributed by atoms with E-state index in [1.807, 2.05) is 10.8 Å². The maximum Gasteiger partial charge on any atom is 0.305 e. The molecule has 0 fully saturated rings. The second-order valence-electron chi connectivity index (χ2n) is 4.32. The molecule has 0 unspecified atom stereocenters. The third-order valence-corrected chi connectivity index (χ3v) is 4.28. The number of aryl methyl sites for hydroxylation is 2. The molecule has 2 rings (SSSR count). The summed E-state index contributed by atoms with van der Waals surface area (Å²) in [5.41, 5.74) is 1.58. The van der Waals surface area contributed by atoms with Gasteiger partial charge in [-0.15, -0.1) is 0 Å². The molecule has 0 radical (unpaired) electrons. The molecule has 7 heteroatoms. The second kappa shape index (κ2) is 6.70. The Kier molecular flexibility index (Phi) is 5.18. The molecule has 108 valence electrons. The van der Waals surface area contributed by atoms with Crippen LogP contribution in [0.1, 0.15) is 12.2 Å². The molecular formula is C13H14Cl2N2O2S. The lowest BCUT2D eigenvalue weighted by Gasteiger charge is -2.07. The summed E-state index contributed by atoms with van der Waals surface area (Å²) in [6.45, 7) is 0.382. The van der Waals surface area contributed by atoms with Gasteiger partial charge in [0.15, 0.2) is 0 Å². The predicted octanol–water partition coefficient (Wildman–Crippen LogP) is 3.72. The molecule has 4 nitrogen and oxygen atoms in total. The van der Waals surface area contributed by atoms with Crippen LogP contribution in [0.4, 0.5) is 0 Å². The average Bonchev–Trinajstić information content (AvgIpc) is 2.71. The Morgan fingerprint density at radius 1 is 1.40 bits per heavy atom. The number of carbonyl (C=O) groups is 1. The van der Waals surface area contributed by atoms with E-state index in [0.717, 1.165) is 29.0 Å². The number of imidazole rings is 1. The van der Waals surface area contributed by atoms with E-state index in [4.69, 9.17) is 28.3 Å². The Balaban J connectivity index is 2.46. The van der Waals surface area contributed by atoms with E-state index in [2.05, 4.69) is 4.98 Å². The van der Waals surface area contributed by atoms with E-state index >= 15 is 0 Å². The number of nitrogens with zero attached hydrogens (tertiary/aromatic N) is 2. The van der Waals surface area contributed by atoms with Crippen LogP contribution in [0.2, 0.25) is 10.0 Å². The highest BCUT2D eigenvalue weighted by Gasteiger charge is 2.13. The standard InChI is InChI=1S/C13H14Cl2N2O2S/c1-20-5-3-12-16-10-6-8(14)9(15)7-11(10)17(12)4-2-13(18)19/h6-7H,2-5H2,1H3,(H,18,19). The van der Waals surface area contributed by atoms with Crippen LogP contribution in [0.15, 0.2) is 12.1 Å². The predicted molar refractivity (Wildman–Crippen MR) is 84.1 cm³/mol. The SMILES string of the molecule is CSCCc1nc2cc(Cl)c(Cl)cc2n1CCC(=O)O. The van der Waals surface area contributed by atoms with Crippen LogP contribution >= 0.6 is 35.0 Å². The van der Waals surface area contributed by atoms with Gasteiger partial charge in [0.2, 0.25) is 0 Å². The van der Waals surface area contributed by atoms with Gasteiger partial charge in [0.05, 0.1) is 27.5 Å². The number of fused-ring (bicyclic) bond motifs is 1. The molecule has 2 aromatic rings. The van der Waals surface area contributed by atoms with Crippen LogP contribution in [-0.4, -0.2) is 32.6 Å². The van der Waals surface area contributed by atoms with Crippen molar-refractivity contribution in [2.75, 3.05) is 12.0 Å². The Hall–Kier alpha value is -0.910. The molecule has 0 atom stereocenters. The number of hydrogen-bond donors (Lipinski definition) is 1. The highest BCUT2D eigenvalue weighted by Crippen LogP contribution is 2.28. The van der Waals surface area contributed by atoms with Gasteiger partial charge in [-0.1, -0.05) is 23.2 Å². The third-order valence-electron chi connectivity index (χ3n) is 2.95. The van der Waals surface area contributed by atoms with Crippen LogP contribution in [0.25, 0.3) is 11.0 Å². The minimum absolute atomic E-state index is 0.0535. The zero-order chi connectivity index (χ0) is 14.7. The van der Waals surface area contributed by atoms with Gasteiger partial charge in [-0.3, -0.25) is 4.79 Å². The molecule has 1 N–H and O–H groups in total. The molecule has 0 saturated carbocycles. The number of aromatic nitrogens is 2. The molecule has 1 aromatic heterocycles. The number of rotatable bonds is 6. The van der Waals surface area contributed by atoms with Gasteiger partial charge in [-0.25, -0.2) is 4.98 Å². The Morgan fingerprint density at radius 3 is 2.75 bits per heavy atom. The monoisotopic (exact) mass is 332 g/mol. The number of halogens is 2. The van der Waals surface area contributed by atoms with Crippen LogP contribution in [0, 0.1) is 0 Å². The van der Waals surface area contributed by atoms with Crippen LogP contribution in [0.5, 0.6) is 0 Å². The molecule has 20 heavy (non-hydrogen) atoms. The van der Waals surface area contributed by atoms with Gasteiger partial charge in [0.25, 0.3) is 0 Å². The first kappa shape index (κ1) is 15.5. The number of hydrogen-bond acceptors (Lipinski definition) is 3.